The predicted octanol–water partition coefficient (Wildman–Crippen LogP) is 7.12. The molecule has 0 radical (unpaired) electrons. The molecule has 6 aromatic rings. The second-order valence-corrected chi connectivity index (χ2v) is 8.34. The largest absolute Gasteiger partial charge is 0.478 e. The van der Waals surface area contributed by atoms with Crippen molar-refractivity contribution in [2.75, 3.05) is 0 Å². The van der Waals surface area contributed by atoms with E-state index in [1.807, 2.05) is 67.6 Å². The lowest BCUT2D eigenvalue weighted by molar-refractivity contribution is 0.0699. The van der Waals surface area contributed by atoms with E-state index in [0.717, 1.165) is 44.8 Å². The minimum atomic E-state index is -0.968. The lowest BCUT2D eigenvalue weighted by Crippen LogP contribution is -2.01. The van der Waals surface area contributed by atoms with E-state index >= 15 is 0 Å². The number of aryl methyl sites for hydroxylation is 1. The van der Waals surface area contributed by atoms with Gasteiger partial charge in [-0.1, -0.05) is 66.7 Å². The molecule has 2 heterocycles. The van der Waals surface area contributed by atoms with Gasteiger partial charge in [-0.05, 0) is 53.1 Å². The van der Waals surface area contributed by atoms with Crippen molar-refractivity contribution < 1.29 is 14.4 Å². The molecule has 5 nitrogen and oxygen atoms in total. The van der Waals surface area contributed by atoms with Crippen LogP contribution in [-0.4, -0.2) is 21.2 Å². The number of rotatable bonds is 4. The lowest BCUT2D eigenvalue weighted by atomic mass is 9.98. The Labute approximate surface area is 195 Å². The Morgan fingerprint density at radius 3 is 2.53 bits per heavy atom. The molecular weight excluding hydrogens is 424 g/mol. The van der Waals surface area contributed by atoms with Gasteiger partial charge in [0.1, 0.15) is 5.52 Å². The van der Waals surface area contributed by atoms with Crippen LogP contribution >= 0.6 is 0 Å². The maximum absolute atomic E-state index is 12.1. The van der Waals surface area contributed by atoms with E-state index < -0.39 is 5.97 Å². The Morgan fingerprint density at radius 2 is 1.68 bits per heavy atom. The summed E-state index contributed by atoms with van der Waals surface area (Å²) in [5, 5.41) is 17.9. The monoisotopic (exact) mass is 444 g/mol. The normalized spacial score (nSPS) is 11.4. The summed E-state index contributed by atoms with van der Waals surface area (Å²) in [5.74, 6) is -0.287. The average Bonchev–Trinajstić information content (AvgIpc) is 3.30. The van der Waals surface area contributed by atoms with Crippen molar-refractivity contribution >= 4 is 38.5 Å². The van der Waals surface area contributed by atoms with Gasteiger partial charge in [0.2, 0.25) is 0 Å². The second kappa shape index (κ2) is 7.81. The fourth-order valence-corrected chi connectivity index (χ4v) is 4.54. The number of carboxylic acid groups (broad SMARTS) is 1. The third-order valence-corrected chi connectivity index (χ3v) is 6.32. The maximum Gasteiger partial charge on any atom is 0.336 e. The minimum Gasteiger partial charge on any atom is -0.478 e. The van der Waals surface area contributed by atoms with Crippen molar-refractivity contribution in [1.82, 2.24) is 10.1 Å². The maximum atomic E-state index is 12.1. The van der Waals surface area contributed by atoms with Gasteiger partial charge in [0, 0.05) is 16.5 Å². The molecule has 0 aliphatic carbocycles. The molecule has 0 bridgehead atoms. The Hall–Kier alpha value is -4.51. The van der Waals surface area contributed by atoms with Crippen LogP contribution in [0.5, 0.6) is 0 Å². The van der Waals surface area contributed by atoms with Crippen LogP contribution in [0.1, 0.15) is 22.8 Å². The molecule has 34 heavy (non-hydrogen) atoms. The van der Waals surface area contributed by atoms with Crippen molar-refractivity contribution in [2.45, 2.75) is 13.3 Å². The molecule has 0 unspecified atom stereocenters. The summed E-state index contributed by atoms with van der Waals surface area (Å²) < 4.78 is 5.79. The first-order valence-electron chi connectivity index (χ1n) is 11.2. The van der Waals surface area contributed by atoms with Gasteiger partial charge in [-0.3, -0.25) is 0 Å². The van der Waals surface area contributed by atoms with E-state index in [-0.39, 0.29) is 5.56 Å². The summed E-state index contributed by atoms with van der Waals surface area (Å²) in [6.45, 7) is 2.05. The molecule has 0 aliphatic rings. The second-order valence-electron chi connectivity index (χ2n) is 8.34. The van der Waals surface area contributed by atoms with E-state index in [0.29, 0.717) is 22.4 Å². The molecule has 0 spiro atoms. The zero-order valence-corrected chi connectivity index (χ0v) is 18.4. The fraction of sp³-hybridized carbons (Fsp3) is 0.0690. The number of hydrogen-bond acceptors (Lipinski definition) is 4. The Kier molecular flexibility index (Phi) is 4.62. The number of carbonyl (C=O) groups is 1. The molecule has 0 aliphatic heterocycles. The van der Waals surface area contributed by atoms with Crippen molar-refractivity contribution in [3.05, 3.63) is 96.1 Å². The number of pyridine rings is 1. The topological polar surface area (TPSA) is 76.2 Å². The first kappa shape index (κ1) is 20.1. The molecule has 0 saturated carbocycles. The predicted molar refractivity (Wildman–Crippen MR) is 134 cm³/mol. The third kappa shape index (κ3) is 3.21. The molecule has 5 heteroatoms. The van der Waals surface area contributed by atoms with E-state index in [9.17, 15) is 9.90 Å². The minimum absolute atomic E-state index is 0.245. The molecule has 164 valence electrons. The molecule has 1 N–H and O–H groups in total. The Bertz CT molecular complexity index is 1730. The van der Waals surface area contributed by atoms with Crippen LogP contribution < -0.4 is 0 Å². The third-order valence-electron chi connectivity index (χ3n) is 6.32. The standard InChI is InChI=1S/C29H20N2O3/c1-2-17-10-12-25-22(14-17)23(29(32)33)16-27(30-25)19-11-13-26-24(15-19)28(34-31-26)21-9-5-7-18-6-3-4-8-20(18)21/h3-16H,2H2,1H3,(H,32,33). The first-order valence-corrected chi connectivity index (χ1v) is 11.2. The van der Waals surface area contributed by atoms with Crippen LogP contribution in [-0.2, 0) is 6.42 Å². The molecule has 0 atom stereocenters. The Balaban J connectivity index is 1.56. The van der Waals surface area contributed by atoms with Gasteiger partial charge in [-0.25, -0.2) is 9.78 Å². The highest BCUT2D eigenvalue weighted by Gasteiger charge is 2.17. The summed E-state index contributed by atoms with van der Waals surface area (Å²) >= 11 is 0. The molecule has 4 aromatic carbocycles. The average molecular weight is 444 g/mol. The summed E-state index contributed by atoms with van der Waals surface area (Å²) in [6.07, 6.45) is 0.831. The number of fused-ring (bicyclic) bond motifs is 3. The van der Waals surface area contributed by atoms with Gasteiger partial charge in [0.25, 0.3) is 0 Å². The summed E-state index contributed by atoms with van der Waals surface area (Å²) in [6, 6.07) is 27.5. The quantitative estimate of drug-likeness (QED) is 0.313. The van der Waals surface area contributed by atoms with Gasteiger partial charge in [0.05, 0.1) is 22.2 Å². The van der Waals surface area contributed by atoms with Crippen molar-refractivity contribution in [3.8, 4) is 22.6 Å². The van der Waals surface area contributed by atoms with Crippen LogP contribution in [0.2, 0.25) is 0 Å². The van der Waals surface area contributed by atoms with Crippen LogP contribution in [0.4, 0.5) is 0 Å². The molecule has 2 aromatic heterocycles. The number of aromatic nitrogens is 2. The van der Waals surface area contributed by atoms with Gasteiger partial charge in [-0.15, -0.1) is 0 Å². The Morgan fingerprint density at radius 1 is 0.853 bits per heavy atom. The number of aromatic carboxylic acids is 1. The highest BCUT2D eigenvalue weighted by atomic mass is 16.5. The number of carboxylic acids is 1. The van der Waals surface area contributed by atoms with Gasteiger partial charge in [0.15, 0.2) is 5.76 Å². The van der Waals surface area contributed by atoms with Crippen LogP contribution in [0.15, 0.2) is 89.5 Å². The fourth-order valence-electron chi connectivity index (χ4n) is 4.54. The molecule has 0 fully saturated rings. The van der Waals surface area contributed by atoms with Crippen molar-refractivity contribution in [2.24, 2.45) is 0 Å². The first-order chi connectivity index (χ1) is 16.6. The summed E-state index contributed by atoms with van der Waals surface area (Å²) in [7, 11) is 0. The number of hydrogen-bond donors (Lipinski definition) is 1. The SMILES string of the molecule is CCc1ccc2nc(-c3ccc4noc(-c5cccc6ccccc56)c4c3)cc(C(=O)O)c2c1. The van der Waals surface area contributed by atoms with Crippen LogP contribution in [0.3, 0.4) is 0 Å². The van der Waals surface area contributed by atoms with E-state index in [2.05, 4.69) is 23.4 Å². The van der Waals surface area contributed by atoms with E-state index in [4.69, 9.17) is 9.51 Å². The van der Waals surface area contributed by atoms with Crippen molar-refractivity contribution in [1.29, 1.82) is 0 Å². The highest BCUT2D eigenvalue weighted by molar-refractivity contribution is 6.05. The van der Waals surface area contributed by atoms with Gasteiger partial charge < -0.3 is 9.63 Å². The van der Waals surface area contributed by atoms with Crippen molar-refractivity contribution in [3.63, 3.8) is 0 Å². The van der Waals surface area contributed by atoms with Gasteiger partial charge >= 0.3 is 5.97 Å². The lowest BCUT2D eigenvalue weighted by Gasteiger charge is -2.09. The van der Waals surface area contributed by atoms with E-state index in [1.54, 1.807) is 6.07 Å². The van der Waals surface area contributed by atoms with Gasteiger partial charge in [-0.2, -0.15) is 0 Å². The van der Waals surface area contributed by atoms with Crippen LogP contribution in [0, 0.1) is 0 Å². The molecule has 0 saturated heterocycles. The number of benzene rings is 4. The molecular formula is C29H20N2O3. The smallest absolute Gasteiger partial charge is 0.336 e. The van der Waals surface area contributed by atoms with Crippen LogP contribution in [0.25, 0.3) is 55.2 Å². The molecule has 0 amide bonds. The summed E-state index contributed by atoms with van der Waals surface area (Å²) in [5.41, 5.74) is 5.08. The zero-order valence-electron chi connectivity index (χ0n) is 18.4. The molecule has 6 rings (SSSR count). The highest BCUT2D eigenvalue weighted by Crippen LogP contribution is 2.36. The number of nitrogens with zero attached hydrogens (tertiary/aromatic N) is 2. The van der Waals surface area contributed by atoms with E-state index in [1.165, 1.54) is 0 Å². The summed E-state index contributed by atoms with van der Waals surface area (Å²) in [4.78, 5) is 16.9. The zero-order chi connectivity index (χ0) is 23.2.